The second kappa shape index (κ2) is 6.61. The van der Waals surface area contributed by atoms with Crippen molar-refractivity contribution >= 4 is 23.1 Å². The smallest absolute Gasteiger partial charge is 0.223 e. The first-order chi connectivity index (χ1) is 8.82. The van der Waals surface area contributed by atoms with E-state index in [0.717, 1.165) is 0 Å². The lowest BCUT2D eigenvalue weighted by atomic mass is 9.97. The molecular weight excluding hydrogens is 263 g/mol. The molecule has 0 aliphatic carbocycles. The van der Waals surface area contributed by atoms with Crippen LogP contribution in [0.3, 0.4) is 0 Å². The minimum atomic E-state index is -0.414. The number of carbonyl (C=O) groups excluding carboxylic acids is 1. The van der Waals surface area contributed by atoms with Gasteiger partial charge in [0.2, 0.25) is 5.91 Å². The first-order valence-corrected chi connectivity index (χ1v) is 6.59. The molecule has 19 heavy (non-hydrogen) atoms. The molecule has 3 N–H and O–H groups in total. The van der Waals surface area contributed by atoms with Gasteiger partial charge < -0.3 is 11.1 Å². The molecule has 1 amide bonds. The minimum absolute atomic E-state index is 0.0761. The molecule has 0 saturated heterocycles. The number of nitrogens with two attached hydrogens (primary N) is 1. The molecule has 1 aromatic rings. The van der Waals surface area contributed by atoms with E-state index in [1.807, 2.05) is 20.8 Å². The van der Waals surface area contributed by atoms with Crippen molar-refractivity contribution < 1.29 is 9.18 Å². The van der Waals surface area contributed by atoms with E-state index in [9.17, 15) is 9.18 Å². The van der Waals surface area contributed by atoms with E-state index in [0.29, 0.717) is 11.1 Å². The van der Waals surface area contributed by atoms with Gasteiger partial charge in [-0.15, -0.1) is 0 Å². The predicted octanol–water partition coefficient (Wildman–Crippen LogP) is 2.37. The first kappa shape index (κ1) is 15.6. The number of rotatable bonds is 5. The van der Waals surface area contributed by atoms with Crippen LogP contribution in [0.1, 0.15) is 31.9 Å². The number of hydrogen-bond donors (Lipinski definition) is 2. The normalized spacial score (nSPS) is 12.3. The predicted molar refractivity (Wildman–Crippen MR) is 78.1 cm³/mol. The van der Waals surface area contributed by atoms with Crippen LogP contribution in [0, 0.1) is 17.7 Å². The van der Waals surface area contributed by atoms with Crippen molar-refractivity contribution in [1.82, 2.24) is 5.32 Å². The molecule has 0 bridgehead atoms. The number of benzene rings is 1. The molecule has 0 aliphatic heterocycles. The van der Waals surface area contributed by atoms with E-state index in [-0.39, 0.29) is 29.3 Å². The molecule has 0 aliphatic rings. The Bertz CT molecular complexity index is 488. The molecule has 5 heteroatoms. The Morgan fingerprint density at radius 2 is 2.05 bits per heavy atom. The number of thiocarbonyl (C=S) groups is 1. The van der Waals surface area contributed by atoms with Crippen LogP contribution in [0.4, 0.5) is 4.39 Å². The summed E-state index contributed by atoms with van der Waals surface area (Å²) in [5.41, 5.74) is 6.33. The molecule has 1 atom stereocenters. The molecular formula is C14H19FN2OS. The van der Waals surface area contributed by atoms with Crippen molar-refractivity contribution in [2.24, 2.45) is 17.6 Å². The highest BCUT2D eigenvalue weighted by atomic mass is 32.1. The quantitative estimate of drug-likeness (QED) is 0.815. The SMILES string of the molecule is CC(C)C(C)C(=O)NCc1ccc(C(N)=S)cc1F. The van der Waals surface area contributed by atoms with Crippen molar-refractivity contribution in [3.63, 3.8) is 0 Å². The van der Waals surface area contributed by atoms with Crippen molar-refractivity contribution in [3.05, 3.63) is 35.1 Å². The van der Waals surface area contributed by atoms with E-state index in [1.165, 1.54) is 6.07 Å². The van der Waals surface area contributed by atoms with E-state index < -0.39 is 5.82 Å². The lowest BCUT2D eigenvalue weighted by molar-refractivity contribution is -0.125. The number of amides is 1. The summed E-state index contributed by atoms with van der Waals surface area (Å²) in [6.45, 7) is 5.97. The highest BCUT2D eigenvalue weighted by Crippen LogP contribution is 2.12. The van der Waals surface area contributed by atoms with Gasteiger partial charge in [-0.3, -0.25) is 4.79 Å². The van der Waals surface area contributed by atoms with Crippen LogP contribution in [0.5, 0.6) is 0 Å². The molecule has 0 saturated carbocycles. The summed E-state index contributed by atoms with van der Waals surface area (Å²) >= 11 is 4.78. The highest BCUT2D eigenvalue weighted by molar-refractivity contribution is 7.80. The lowest BCUT2D eigenvalue weighted by Gasteiger charge is -2.15. The van der Waals surface area contributed by atoms with E-state index in [1.54, 1.807) is 12.1 Å². The summed E-state index contributed by atoms with van der Waals surface area (Å²) in [7, 11) is 0. The Balaban J connectivity index is 2.69. The van der Waals surface area contributed by atoms with Crippen LogP contribution < -0.4 is 11.1 Å². The van der Waals surface area contributed by atoms with E-state index in [2.05, 4.69) is 5.32 Å². The third kappa shape index (κ3) is 4.28. The van der Waals surface area contributed by atoms with E-state index in [4.69, 9.17) is 18.0 Å². The van der Waals surface area contributed by atoms with Gasteiger partial charge in [0.05, 0.1) is 0 Å². The number of hydrogen-bond acceptors (Lipinski definition) is 2. The average molecular weight is 282 g/mol. The van der Waals surface area contributed by atoms with Crippen molar-refractivity contribution in [2.45, 2.75) is 27.3 Å². The Morgan fingerprint density at radius 3 is 2.53 bits per heavy atom. The molecule has 1 rings (SSSR count). The third-order valence-electron chi connectivity index (χ3n) is 3.20. The van der Waals surface area contributed by atoms with Gasteiger partial charge in [-0.05, 0) is 12.0 Å². The number of nitrogens with one attached hydrogen (secondary N) is 1. The largest absolute Gasteiger partial charge is 0.389 e. The van der Waals surface area contributed by atoms with Crippen LogP contribution in [0.25, 0.3) is 0 Å². The summed E-state index contributed by atoms with van der Waals surface area (Å²) in [4.78, 5) is 11.9. The van der Waals surface area contributed by atoms with Crippen molar-refractivity contribution in [2.75, 3.05) is 0 Å². The van der Waals surface area contributed by atoms with Gasteiger partial charge in [0.15, 0.2) is 0 Å². The Kier molecular flexibility index (Phi) is 5.42. The van der Waals surface area contributed by atoms with Crippen LogP contribution in [0.2, 0.25) is 0 Å². The van der Waals surface area contributed by atoms with Gasteiger partial charge in [0.25, 0.3) is 0 Å². The van der Waals surface area contributed by atoms with Gasteiger partial charge in [-0.25, -0.2) is 4.39 Å². The molecule has 0 spiro atoms. The molecule has 1 unspecified atom stereocenters. The second-order valence-electron chi connectivity index (χ2n) is 4.92. The number of halogens is 1. The maximum atomic E-state index is 13.8. The summed E-state index contributed by atoms with van der Waals surface area (Å²) in [5.74, 6) is -0.337. The summed E-state index contributed by atoms with van der Waals surface area (Å²) in [5, 5.41) is 2.73. The summed E-state index contributed by atoms with van der Waals surface area (Å²) in [6.07, 6.45) is 0. The van der Waals surface area contributed by atoms with Gasteiger partial charge in [0, 0.05) is 23.6 Å². The van der Waals surface area contributed by atoms with Crippen LogP contribution in [-0.4, -0.2) is 10.9 Å². The summed E-state index contributed by atoms with van der Waals surface area (Å²) < 4.78 is 13.8. The Morgan fingerprint density at radius 1 is 1.42 bits per heavy atom. The highest BCUT2D eigenvalue weighted by Gasteiger charge is 2.16. The third-order valence-corrected chi connectivity index (χ3v) is 3.44. The molecule has 104 valence electrons. The Labute approximate surface area is 118 Å². The van der Waals surface area contributed by atoms with Crippen LogP contribution in [0.15, 0.2) is 18.2 Å². The fourth-order valence-electron chi connectivity index (χ4n) is 1.49. The van der Waals surface area contributed by atoms with Crippen LogP contribution >= 0.6 is 12.2 Å². The molecule has 1 aromatic carbocycles. The first-order valence-electron chi connectivity index (χ1n) is 6.19. The van der Waals surface area contributed by atoms with Crippen molar-refractivity contribution in [1.29, 1.82) is 0 Å². The summed E-state index contributed by atoms with van der Waals surface area (Å²) in [6, 6.07) is 4.53. The zero-order valence-electron chi connectivity index (χ0n) is 11.4. The maximum Gasteiger partial charge on any atom is 0.223 e. The van der Waals surface area contributed by atoms with E-state index >= 15 is 0 Å². The zero-order valence-corrected chi connectivity index (χ0v) is 12.2. The van der Waals surface area contributed by atoms with Gasteiger partial charge in [0.1, 0.15) is 10.8 Å². The Hall–Kier alpha value is -1.49. The average Bonchev–Trinajstić information content (AvgIpc) is 2.35. The molecule has 0 fully saturated rings. The number of carbonyl (C=O) groups is 1. The molecule has 3 nitrogen and oxygen atoms in total. The molecule has 0 heterocycles. The van der Waals surface area contributed by atoms with Gasteiger partial charge in [-0.2, -0.15) is 0 Å². The zero-order chi connectivity index (χ0) is 14.6. The standard InChI is InChI=1S/C14H19FN2OS/c1-8(2)9(3)14(18)17-7-11-5-4-10(13(16)19)6-12(11)15/h4-6,8-9H,7H2,1-3H3,(H2,16,19)(H,17,18). The molecule has 0 aromatic heterocycles. The fraction of sp³-hybridized carbons (Fsp3) is 0.429. The molecule has 0 radical (unpaired) electrons. The van der Waals surface area contributed by atoms with Crippen molar-refractivity contribution in [3.8, 4) is 0 Å². The fourth-order valence-corrected chi connectivity index (χ4v) is 1.62. The van der Waals surface area contributed by atoms with Gasteiger partial charge >= 0.3 is 0 Å². The monoisotopic (exact) mass is 282 g/mol. The second-order valence-corrected chi connectivity index (χ2v) is 5.36. The van der Waals surface area contributed by atoms with Gasteiger partial charge in [-0.1, -0.05) is 45.1 Å². The minimum Gasteiger partial charge on any atom is -0.389 e. The maximum absolute atomic E-state index is 13.8. The van der Waals surface area contributed by atoms with Crippen LogP contribution in [-0.2, 0) is 11.3 Å². The topological polar surface area (TPSA) is 55.1 Å². The lowest BCUT2D eigenvalue weighted by Crippen LogP contribution is -2.31.